The van der Waals surface area contributed by atoms with Crippen LogP contribution in [0.25, 0.3) is 0 Å². The molecule has 2 unspecified atom stereocenters. The molecule has 1 heterocycles. The molecule has 1 aromatic rings. The van der Waals surface area contributed by atoms with E-state index in [1.54, 1.807) is 0 Å². The minimum atomic E-state index is 0.254. The SMILES string of the molecule is COC(c1nc2c(s1)CCCC2CNC(C)C)C1CC1. The van der Waals surface area contributed by atoms with Gasteiger partial charge in [0.15, 0.2) is 0 Å². The fourth-order valence-electron chi connectivity index (χ4n) is 3.12. The van der Waals surface area contributed by atoms with Crippen LogP contribution in [0, 0.1) is 5.92 Å². The Bertz CT molecular complexity index is 453. The molecule has 1 saturated carbocycles. The number of rotatable bonds is 6. The maximum atomic E-state index is 5.70. The van der Waals surface area contributed by atoms with Gasteiger partial charge >= 0.3 is 0 Å². The van der Waals surface area contributed by atoms with E-state index in [0.29, 0.717) is 12.0 Å². The second kappa shape index (κ2) is 6.12. The second-order valence-corrected chi connectivity index (χ2v) is 7.62. The van der Waals surface area contributed by atoms with Gasteiger partial charge in [-0.2, -0.15) is 0 Å². The van der Waals surface area contributed by atoms with Gasteiger partial charge in [0.05, 0.1) is 5.69 Å². The highest BCUT2D eigenvalue weighted by molar-refractivity contribution is 7.11. The molecule has 0 spiro atoms. The molecule has 0 aromatic carbocycles. The summed E-state index contributed by atoms with van der Waals surface area (Å²) < 4.78 is 5.70. The number of methoxy groups -OCH3 is 1. The Balaban J connectivity index is 1.77. The van der Waals surface area contributed by atoms with Gasteiger partial charge < -0.3 is 10.1 Å². The average Bonchev–Trinajstić information content (AvgIpc) is 3.15. The number of ether oxygens (including phenoxy) is 1. The van der Waals surface area contributed by atoms with Crippen LogP contribution in [0.4, 0.5) is 0 Å². The number of thiazole rings is 1. The third-order valence-corrected chi connectivity index (χ3v) is 5.60. The Hall–Kier alpha value is -0.450. The summed E-state index contributed by atoms with van der Waals surface area (Å²) in [6, 6.07) is 0.552. The summed E-state index contributed by atoms with van der Waals surface area (Å²) in [5.41, 5.74) is 1.37. The summed E-state index contributed by atoms with van der Waals surface area (Å²) >= 11 is 1.91. The average molecular weight is 294 g/mol. The Morgan fingerprint density at radius 3 is 2.80 bits per heavy atom. The summed E-state index contributed by atoms with van der Waals surface area (Å²) in [7, 11) is 1.83. The zero-order valence-corrected chi connectivity index (χ0v) is 13.6. The van der Waals surface area contributed by atoms with E-state index < -0.39 is 0 Å². The van der Waals surface area contributed by atoms with Gasteiger partial charge in [0.1, 0.15) is 11.1 Å². The number of aromatic nitrogens is 1. The minimum absolute atomic E-state index is 0.254. The van der Waals surface area contributed by atoms with Gasteiger partial charge in [0, 0.05) is 30.5 Å². The van der Waals surface area contributed by atoms with E-state index in [0.717, 1.165) is 12.5 Å². The van der Waals surface area contributed by atoms with Gasteiger partial charge in [-0.1, -0.05) is 13.8 Å². The van der Waals surface area contributed by atoms with Gasteiger partial charge in [0.2, 0.25) is 0 Å². The molecular weight excluding hydrogens is 268 g/mol. The normalized spacial score (nSPS) is 23.9. The lowest BCUT2D eigenvalue weighted by Gasteiger charge is -2.22. The van der Waals surface area contributed by atoms with Crippen molar-refractivity contribution in [1.29, 1.82) is 0 Å². The van der Waals surface area contributed by atoms with Crippen LogP contribution in [0.3, 0.4) is 0 Å². The third-order valence-electron chi connectivity index (χ3n) is 4.41. The van der Waals surface area contributed by atoms with Crippen molar-refractivity contribution in [3.8, 4) is 0 Å². The number of nitrogens with one attached hydrogen (secondary N) is 1. The third kappa shape index (κ3) is 3.07. The molecule has 20 heavy (non-hydrogen) atoms. The zero-order chi connectivity index (χ0) is 14.1. The lowest BCUT2D eigenvalue weighted by molar-refractivity contribution is 0.0842. The fourth-order valence-corrected chi connectivity index (χ4v) is 4.48. The largest absolute Gasteiger partial charge is 0.374 e. The molecule has 0 saturated heterocycles. The van der Waals surface area contributed by atoms with Gasteiger partial charge in [-0.15, -0.1) is 11.3 Å². The summed E-state index contributed by atoms with van der Waals surface area (Å²) in [5, 5.41) is 4.81. The first-order chi connectivity index (χ1) is 9.69. The van der Waals surface area contributed by atoms with Crippen LogP contribution < -0.4 is 5.32 Å². The number of aryl methyl sites for hydroxylation is 1. The van der Waals surface area contributed by atoms with Crippen molar-refractivity contribution in [1.82, 2.24) is 10.3 Å². The number of fused-ring (bicyclic) bond motifs is 1. The van der Waals surface area contributed by atoms with Crippen LogP contribution in [0.5, 0.6) is 0 Å². The highest BCUT2D eigenvalue weighted by Crippen LogP contribution is 2.46. The van der Waals surface area contributed by atoms with Gasteiger partial charge in [0.25, 0.3) is 0 Å². The monoisotopic (exact) mass is 294 g/mol. The fraction of sp³-hybridized carbons (Fsp3) is 0.812. The number of nitrogens with zero attached hydrogens (tertiary/aromatic N) is 1. The van der Waals surface area contributed by atoms with Crippen LogP contribution in [0.15, 0.2) is 0 Å². The molecule has 1 aromatic heterocycles. The molecular formula is C16H26N2OS. The van der Waals surface area contributed by atoms with Crippen LogP contribution >= 0.6 is 11.3 Å². The molecule has 0 aliphatic heterocycles. The highest BCUT2D eigenvalue weighted by atomic mass is 32.1. The van der Waals surface area contributed by atoms with Crippen molar-refractivity contribution in [2.24, 2.45) is 5.92 Å². The van der Waals surface area contributed by atoms with Gasteiger partial charge in [-0.25, -0.2) is 4.98 Å². The summed E-state index contributed by atoms with van der Waals surface area (Å²) in [4.78, 5) is 6.51. The predicted octanol–water partition coefficient (Wildman–Crippen LogP) is 3.66. The molecule has 3 rings (SSSR count). The Labute approximate surface area is 126 Å². The molecule has 0 radical (unpaired) electrons. The van der Waals surface area contributed by atoms with Gasteiger partial charge in [-0.3, -0.25) is 0 Å². The topological polar surface area (TPSA) is 34.1 Å². The summed E-state index contributed by atoms with van der Waals surface area (Å²) in [6.07, 6.45) is 6.66. The van der Waals surface area contributed by atoms with Crippen LogP contribution in [0.1, 0.15) is 67.1 Å². The Kier molecular flexibility index (Phi) is 4.43. The van der Waals surface area contributed by atoms with Gasteiger partial charge in [-0.05, 0) is 38.0 Å². The van der Waals surface area contributed by atoms with Crippen molar-refractivity contribution < 1.29 is 4.74 Å². The van der Waals surface area contributed by atoms with E-state index in [9.17, 15) is 0 Å². The molecule has 0 bridgehead atoms. The van der Waals surface area contributed by atoms with Crippen molar-refractivity contribution >= 4 is 11.3 Å². The van der Waals surface area contributed by atoms with E-state index in [1.807, 2.05) is 18.4 Å². The van der Waals surface area contributed by atoms with E-state index in [2.05, 4.69) is 19.2 Å². The summed E-state index contributed by atoms with van der Waals surface area (Å²) in [6.45, 7) is 5.49. The lowest BCUT2D eigenvalue weighted by atomic mass is 9.91. The summed E-state index contributed by atoms with van der Waals surface area (Å²) in [5.74, 6) is 1.32. The second-order valence-electron chi connectivity index (χ2n) is 6.51. The van der Waals surface area contributed by atoms with Crippen molar-refractivity contribution in [3.63, 3.8) is 0 Å². The standard InChI is InChI=1S/C16H26N2OS/c1-10(2)17-9-12-5-4-6-13-14(12)18-16(20-13)15(19-3)11-7-8-11/h10-12,15,17H,4-9H2,1-3H3. The Morgan fingerprint density at radius 2 is 2.15 bits per heavy atom. The van der Waals surface area contributed by atoms with E-state index >= 15 is 0 Å². The maximum absolute atomic E-state index is 5.70. The highest BCUT2D eigenvalue weighted by Gasteiger charge is 2.36. The molecule has 2 aliphatic carbocycles. The van der Waals surface area contributed by atoms with Crippen molar-refractivity contribution in [3.05, 3.63) is 15.6 Å². The predicted molar refractivity (Wildman–Crippen MR) is 83.4 cm³/mol. The molecule has 1 N–H and O–H groups in total. The first-order valence-electron chi connectivity index (χ1n) is 7.94. The smallest absolute Gasteiger partial charge is 0.122 e. The number of hydrogen-bond acceptors (Lipinski definition) is 4. The zero-order valence-electron chi connectivity index (χ0n) is 12.8. The van der Waals surface area contributed by atoms with Crippen molar-refractivity contribution in [2.75, 3.05) is 13.7 Å². The molecule has 1 fully saturated rings. The van der Waals surface area contributed by atoms with E-state index in [4.69, 9.17) is 9.72 Å². The quantitative estimate of drug-likeness (QED) is 0.869. The van der Waals surface area contributed by atoms with Crippen LogP contribution in [-0.2, 0) is 11.2 Å². The maximum Gasteiger partial charge on any atom is 0.122 e. The van der Waals surface area contributed by atoms with E-state index in [-0.39, 0.29) is 6.10 Å². The lowest BCUT2D eigenvalue weighted by Crippen LogP contribution is -2.29. The first-order valence-corrected chi connectivity index (χ1v) is 8.76. The minimum Gasteiger partial charge on any atom is -0.374 e. The van der Waals surface area contributed by atoms with E-state index in [1.165, 1.54) is 47.7 Å². The molecule has 112 valence electrons. The molecule has 3 nitrogen and oxygen atoms in total. The molecule has 2 aliphatic rings. The van der Waals surface area contributed by atoms with Crippen LogP contribution in [-0.4, -0.2) is 24.7 Å². The molecule has 2 atom stereocenters. The first kappa shape index (κ1) is 14.5. The number of hydrogen-bond donors (Lipinski definition) is 1. The Morgan fingerprint density at radius 1 is 1.35 bits per heavy atom. The molecule has 0 amide bonds. The van der Waals surface area contributed by atoms with Crippen molar-refractivity contribution in [2.45, 2.75) is 64.0 Å². The van der Waals surface area contributed by atoms with Crippen LogP contribution in [0.2, 0.25) is 0 Å². The molecule has 4 heteroatoms.